The van der Waals surface area contributed by atoms with E-state index in [2.05, 4.69) is 6.92 Å². The molecule has 1 aromatic carbocycles. The molecule has 0 aliphatic heterocycles. The molecule has 0 amide bonds. The van der Waals surface area contributed by atoms with Crippen LogP contribution in [0.2, 0.25) is 0 Å². The molecule has 1 aromatic rings. The van der Waals surface area contributed by atoms with Crippen molar-refractivity contribution in [2.24, 2.45) is 0 Å². The molecule has 0 saturated carbocycles. The quantitative estimate of drug-likeness (QED) is 0.660. The summed E-state index contributed by atoms with van der Waals surface area (Å²) in [5.74, 6) is 0.189. The van der Waals surface area contributed by atoms with Crippen LogP contribution in [0.1, 0.15) is 37.3 Å². The predicted octanol–water partition coefficient (Wildman–Crippen LogP) is 4.26. The Bertz CT molecular complexity index is 307. The van der Waals surface area contributed by atoms with Gasteiger partial charge in [0, 0.05) is 5.38 Å². The number of hydrogen-bond acceptors (Lipinski definition) is 0. The van der Waals surface area contributed by atoms with E-state index < -0.39 is 0 Å². The van der Waals surface area contributed by atoms with Crippen molar-refractivity contribution in [3.05, 3.63) is 35.1 Å². The molecule has 0 aliphatic carbocycles. The molecule has 0 spiro atoms. The van der Waals surface area contributed by atoms with Crippen LogP contribution in [0, 0.1) is 12.7 Å². The molecule has 0 radical (unpaired) electrons. The van der Waals surface area contributed by atoms with Gasteiger partial charge in [-0.25, -0.2) is 4.39 Å². The van der Waals surface area contributed by atoms with Crippen molar-refractivity contribution in [2.75, 3.05) is 0 Å². The van der Waals surface area contributed by atoms with Gasteiger partial charge in [0.05, 0.1) is 0 Å². The maximum Gasteiger partial charge on any atom is 0.126 e. The monoisotopic (exact) mass is 214 g/mol. The number of aryl methyl sites for hydroxylation is 1. The Hall–Kier alpha value is -0.560. The molecule has 0 saturated heterocycles. The van der Waals surface area contributed by atoms with Crippen molar-refractivity contribution in [3.63, 3.8) is 0 Å². The van der Waals surface area contributed by atoms with Crippen LogP contribution in [-0.4, -0.2) is 5.38 Å². The zero-order chi connectivity index (χ0) is 10.7. The molecule has 78 valence electrons. The lowest BCUT2D eigenvalue weighted by molar-refractivity contribution is 0.606. The summed E-state index contributed by atoms with van der Waals surface area (Å²) in [7, 11) is 0. The highest BCUT2D eigenvalue weighted by molar-refractivity contribution is 6.20. The molecule has 0 heterocycles. The minimum absolute atomic E-state index is 0.128. The fraction of sp³-hybridized carbons (Fsp3) is 0.500. The van der Waals surface area contributed by atoms with Crippen LogP contribution in [0.3, 0.4) is 0 Å². The number of hydrogen-bond donors (Lipinski definition) is 0. The smallest absolute Gasteiger partial charge is 0.126 e. The second-order valence-electron chi connectivity index (χ2n) is 3.93. The van der Waals surface area contributed by atoms with Gasteiger partial charge in [0.2, 0.25) is 0 Å². The highest BCUT2D eigenvalue weighted by Crippen LogP contribution is 2.24. The molecule has 2 heteroatoms. The lowest BCUT2D eigenvalue weighted by atomic mass is 9.95. The lowest BCUT2D eigenvalue weighted by Gasteiger charge is -2.13. The normalized spacial score (nSPS) is 15.2. The van der Waals surface area contributed by atoms with Gasteiger partial charge in [-0.15, -0.1) is 11.6 Å². The summed E-state index contributed by atoms with van der Waals surface area (Å²) >= 11 is 5.90. The topological polar surface area (TPSA) is 0 Å². The standard InChI is InChI=1S/C12H16ClF/c1-8-4-5-11(7-12(8)14)9(2)6-10(3)13/h4-5,7,9-10H,6H2,1-3H3. The molecule has 0 aromatic heterocycles. The van der Waals surface area contributed by atoms with E-state index in [-0.39, 0.29) is 11.2 Å². The molecular formula is C12H16ClF. The molecule has 14 heavy (non-hydrogen) atoms. The molecule has 0 nitrogen and oxygen atoms in total. The minimum Gasteiger partial charge on any atom is -0.207 e. The molecule has 0 fully saturated rings. The maximum absolute atomic E-state index is 13.2. The van der Waals surface area contributed by atoms with Crippen LogP contribution in [0.4, 0.5) is 4.39 Å². The Morgan fingerprint density at radius 1 is 1.36 bits per heavy atom. The van der Waals surface area contributed by atoms with Crippen molar-refractivity contribution in [1.82, 2.24) is 0 Å². The van der Waals surface area contributed by atoms with E-state index in [0.717, 1.165) is 12.0 Å². The van der Waals surface area contributed by atoms with E-state index >= 15 is 0 Å². The number of halogens is 2. The van der Waals surface area contributed by atoms with E-state index in [1.165, 1.54) is 0 Å². The van der Waals surface area contributed by atoms with Crippen LogP contribution in [-0.2, 0) is 0 Å². The Kier molecular flexibility index (Phi) is 3.94. The first-order valence-corrected chi connectivity index (χ1v) is 5.34. The van der Waals surface area contributed by atoms with Gasteiger partial charge >= 0.3 is 0 Å². The number of alkyl halides is 1. The fourth-order valence-corrected chi connectivity index (χ4v) is 1.81. The third-order valence-corrected chi connectivity index (χ3v) is 2.62. The van der Waals surface area contributed by atoms with Crippen LogP contribution >= 0.6 is 11.6 Å². The lowest BCUT2D eigenvalue weighted by Crippen LogP contribution is -2.01. The van der Waals surface area contributed by atoms with Gasteiger partial charge in [-0.2, -0.15) is 0 Å². The molecule has 1 rings (SSSR count). The summed E-state index contributed by atoms with van der Waals surface area (Å²) in [5, 5.41) is 0.134. The summed E-state index contributed by atoms with van der Waals surface area (Å²) in [6.45, 7) is 5.81. The molecule has 2 unspecified atom stereocenters. The second kappa shape index (κ2) is 4.79. The molecule has 0 N–H and O–H groups in total. The molecule has 0 aliphatic rings. The van der Waals surface area contributed by atoms with Crippen molar-refractivity contribution in [3.8, 4) is 0 Å². The first kappa shape index (κ1) is 11.5. The molecule has 2 atom stereocenters. The minimum atomic E-state index is -0.128. The number of benzene rings is 1. The van der Waals surface area contributed by atoms with Crippen molar-refractivity contribution >= 4 is 11.6 Å². The largest absolute Gasteiger partial charge is 0.207 e. The zero-order valence-electron chi connectivity index (χ0n) is 8.85. The summed E-state index contributed by atoms with van der Waals surface area (Å²) < 4.78 is 13.2. The summed E-state index contributed by atoms with van der Waals surface area (Å²) in [6, 6.07) is 5.40. The van der Waals surface area contributed by atoms with Crippen molar-refractivity contribution in [2.45, 2.75) is 38.5 Å². The SMILES string of the molecule is Cc1ccc(C(C)CC(C)Cl)cc1F. The van der Waals surface area contributed by atoms with Crippen LogP contribution < -0.4 is 0 Å². The van der Waals surface area contributed by atoms with Gasteiger partial charge in [-0.1, -0.05) is 19.1 Å². The van der Waals surface area contributed by atoms with Crippen LogP contribution in [0.25, 0.3) is 0 Å². The average Bonchev–Trinajstić information content (AvgIpc) is 2.08. The highest BCUT2D eigenvalue weighted by Gasteiger charge is 2.10. The van der Waals surface area contributed by atoms with E-state index in [0.29, 0.717) is 11.5 Å². The van der Waals surface area contributed by atoms with Gasteiger partial charge in [0.1, 0.15) is 5.82 Å². The Morgan fingerprint density at radius 3 is 2.50 bits per heavy atom. The van der Waals surface area contributed by atoms with Gasteiger partial charge in [0.25, 0.3) is 0 Å². The summed E-state index contributed by atoms with van der Waals surface area (Å²) in [5.41, 5.74) is 1.72. The second-order valence-corrected chi connectivity index (χ2v) is 4.67. The first-order chi connectivity index (χ1) is 6.50. The van der Waals surface area contributed by atoms with Crippen molar-refractivity contribution < 1.29 is 4.39 Å². The van der Waals surface area contributed by atoms with Crippen molar-refractivity contribution in [1.29, 1.82) is 0 Å². The Morgan fingerprint density at radius 2 is 2.00 bits per heavy atom. The van der Waals surface area contributed by atoms with E-state index in [4.69, 9.17) is 11.6 Å². The molecule has 0 bridgehead atoms. The fourth-order valence-electron chi connectivity index (χ4n) is 1.54. The third kappa shape index (κ3) is 2.98. The van der Waals surface area contributed by atoms with Gasteiger partial charge in [0.15, 0.2) is 0 Å². The average molecular weight is 215 g/mol. The molecular weight excluding hydrogens is 199 g/mol. The van der Waals surface area contributed by atoms with Gasteiger partial charge in [-0.3, -0.25) is 0 Å². The summed E-state index contributed by atoms with van der Waals surface area (Å²) in [6.07, 6.45) is 0.879. The zero-order valence-corrected chi connectivity index (χ0v) is 9.61. The van der Waals surface area contributed by atoms with Crippen LogP contribution in [0.15, 0.2) is 18.2 Å². The van der Waals surface area contributed by atoms with Gasteiger partial charge in [-0.05, 0) is 43.4 Å². The maximum atomic E-state index is 13.2. The predicted molar refractivity (Wildman–Crippen MR) is 59.5 cm³/mol. The number of rotatable bonds is 3. The first-order valence-electron chi connectivity index (χ1n) is 4.91. The Labute approximate surface area is 90.1 Å². The van der Waals surface area contributed by atoms with Gasteiger partial charge < -0.3 is 0 Å². The highest BCUT2D eigenvalue weighted by atomic mass is 35.5. The van der Waals surface area contributed by atoms with Crippen LogP contribution in [0.5, 0.6) is 0 Å². The Balaban J connectivity index is 2.80. The van der Waals surface area contributed by atoms with E-state index in [1.807, 2.05) is 19.1 Å². The van der Waals surface area contributed by atoms with E-state index in [1.54, 1.807) is 13.0 Å². The summed E-state index contributed by atoms with van der Waals surface area (Å²) in [4.78, 5) is 0. The third-order valence-electron chi connectivity index (χ3n) is 2.44. The van der Waals surface area contributed by atoms with E-state index in [9.17, 15) is 4.39 Å².